The summed E-state index contributed by atoms with van der Waals surface area (Å²) in [7, 11) is 0. The van der Waals surface area contributed by atoms with E-state index in [2.05, 4.69) is 22.3 Å². The van der Waals surface area contributed by atoms with Crippen molar-refractivity contribution >= 4 is 5.91 Å². The molecule has 0 bridgehead atoms. The number of rotatable bonds is 3. The van der Waals surface area contributed by atoms with Gasteiger partial charge in [0.2, 0.25) is 5.91 Å². The van der Waals surface area contributed by atoms with Crippen molar-refractivity contribution in [3.8, 4) is 0 Å². The Balaban J connectivity index is 1.90. The van der Waals surface area contributed by atoms with Crippen molar-refractivity contribution in [1.29, 1.82) is 0 Å². The number of aliphatic hydroxyl groups is 1. The van der Waals surface area contributed by atoms with E-state index in [1.807, 2.05) is 18.2 Å². The smallest absolute Gasteiger partial charge is 0.217 e. The van der Waals surface area contributed by atoms with Gasteiger partial charge in [0.25, 0.3) is 0 Å². The minimum Gasteiger partial charge on any atom is -0.391 e. The largest absolute Gasteiger partial charge is 0.391 e. The molecule has 0 aromatic heterocycles. The summed E-state index contributed by atoms with van der Waals surface area (Å²) in [6.07, 6.45) is 1.07. The lowest BCUT2D eigenvalue weighted by molar-refractivity contribution is -0.120. The van der Waals surface area contributed by atoms with Gasteiger partial charge in [-0.05, 0) is 18.4 Å². The SMILES string of the molecule is CC(=O)N[C@H]1CCN(Cc2ccccc2)CC[C@@H]1O. The molecule has 4 heteroatoms. The van der Waals surface area contributed by atoms with Gasteiger partial charge in [-0.25, -0.2) is 0 Å². The molecular weight excluding hydrogens is 240 g/mol. The second kappa shape index (κ2) is 6.68. The molecule has 2 rings (SSSR count). The summed E-state index contributed by atoms with van der Waals surface area (Å²) >= 11 is 0. The zero-order valence-corrected chi connectivity index (χ0v) is 11.4. The predicted molar refractivity (Wildman–Crippen MR) is 74.6 cm³/mol. The fraction of sp³-hybridized carbons (Fsp3) is 0.533. The van der Waals surface area contributed by atoms with Gasteiger partial charge in [0.15, 0.2) is 0 Å². The van der Waals surface area contributed by atoms with Crippen LogP contribution in [-0.2, 0) is 11.3 Å². The lowest BCUT2D eigenvalue weighted by atomic mass is 10.1. The van der Waals surface area contributed by atoms with E-state index in [1.165, 1.54) is 12.5 Å². The van der Waals surface area contributed by atoms with Crippen LogP contribution in [0.5, 0.6) is 0 Å². The zero-order chi connectivity index (χ0) is 13.7. The quantitative estimate of drug-likeness (QED) is 0.859. The summed E-state index contributed by atoms with van der Waals surface area (Å²) in [5, 5.41) is 12.9. The second-order valence-electron chi connectivity index (χ2n) is 5.21. The summed E-state index contributed by atoms with van der Waals surface area (Å²) in [5.41, 5.74) is 1.29. The first-order valence-corrected chi connectivity index (χ1v) is 6.86. The maximum absolute atomic E-state index is 11.1. The molecule has 19 heavy (non-hydrogen) atoms. The lowest BCUT2D eigenvalue weighted by Crippen LogP contribution is -2.42. The van der Waals surface area contributed by atoms with Crippen molar-refractivity contribution in [2.45, 2.75) is 38.5 Å². The van der Waals surface area contributed by atoms with Crippen LogP contribution in [-0.4, -0.2) is 41.1 Å². The summed E-state index contributed by atoms with van der Waals surface area (Å²) < 4.78 is 0. The standard InChI is InChI=1S/C15H22N2O2/c1-12(18)16-14-7-9-17(10-8-15(14)19)11-13-5-3-2-4-6-13/h2-6,14-15,19H,7-11H2,1H3,(H,16,18)/t14-,15-/m0/s1. The molecule has 0 radical (unpaired) electrons. The van der Waals surface area contributed by atoms with Crippen LogP contribution in [0.2, 0.25) is 0 Å². The van der Waals surface area contributed by atoms with Crippen LogP contribution in [0.1, 0.15) is 25.3 Å². The Kier molecular flexibility index (Phi) is 4.93. The third-order valence-electron chi connectivity index (χ3n) is 3.60. The normalized spacial score (nSPS) is 24.7. The number of hydrogen-bond acceptors (Lipinski definition) is 3. The maximum Gasteiger partial charge on any atom is 0.217 e. The van der Waals surface area contributed by atoms with Crippen molar-refractivity contribution in [2.75, 3.05) is 13.1 Å². The van der Waals surface area contributed by atoms with Crippen LogP contribution < -0.4 is 5.32 Å². The molecule has 0 aliphatic carbocycles. The fourth-order valence-electron chi connectivity index (χ4n) is 2.57. The zero-order valence-electron chi connectivity index (χ0n) is 11.4. The summed E-state index contributed by atoms with van der Waals surface area (Å²) in [6, 6.07) is 10.2. The second-order valence-corrected chi connectivity index (χ2v) is 5.21. The number of nitrogens with zero attached hydrogens (tertiary/aromatic N) is 1. The van der Waals surface area contributed by atoms with Gasteiger partial charge in [0.1, 0.15) is 0 Å². The number of amides is 1. The highest BCUT2D eigenvalue weighted by Crippen LogP contribution is 2.14. The average molecular weight is 262 g/mol. The molecule has 1 aliphatic heterocycles. The van der Waals surface area contributed by atoms with Gasteiger partial charge < -0.3 is 10.4 Å². The number of likely N-dealkylation sites (tertiary alicyclic amines) is 1. The highest BCUT2D eigenvalue weighted by atomic mass is 16.3. The van der Waals surface area contributed by atoms with E-state index in [1.54, 1.807) is 0 Å². The van der Waals surface area contributed by atoms with E-state index < -0.39 is 6.10 Å². The number of nitrogens with one attached hydrogen (secondary N) is 1. The number of hydrogen-bond donors (Lipinski definition) is 2. The van der Waals surface area contributed by atoms with Crippen molar-refractivity contribution in [2.24, 2.45) is 0 Å². The Morgan fingerprint density at radius 1 is 1.32 bits per heavy atom. The van der Waals surface area contributed by atoms with E-state index in [-0.39, 0.29) is 11.9 Å². The molecule has 1 amide bonds. The van der Waals surface area contributed by atoms with Gasteiger partial charge in [-0.2, -0.15) is 0 Å². The Morgan fingerprint density at radius 3 is 2.68 bits per heavy atom. The van der Waals surface area contributed by atoms with Gasteiger partial charge in [0.05, 0.1) is 12.1 Å². The van der Waals surface area contributed by atoms with Crippen LogP contribution in [0.4, 0.5) is 0 Å². The molecule has 2 atom stereocenters. The number of carbonyl (C=O) groups is 1. The number of aliphatic hydroxyl groups excluding tert-OH is 1. The van der Waals surface area contributed by atoms with Crippen molar-refractivity contribution in [3.63, 3.8) is 0 Å². The summed E-state index contributed by atoms with van der Waals surface area (Å²) in [4.78, 5) is 13.4. The molecular formula is C15H22N2O2. The Hall–Kier alpha value is -1.39. The lowest BCUT2D eigenvalue weighted by Gasteiger charge is -2.20. The van der Waals surface area contributed by atoms with Crippen LogP contribution in [0.25, 0.3) is 0 Å². The number of carbonyl (C=O) groups excluding carboxylic acids is 1. The first-order valence-electron chi connectivity index (χ1n) is 6.86. The monoisotopic (exact) mass is 262 g/mol. The molecule has 1 fully saturated rings. The molecule has 1 aliphatic rings. The molecule has 1 heterocycles. The van der Waals surface area contributed by atoms with E-state index in [0.29, 0.717) is 6.42 Å². The van der Waals surface area contributed by atoms with Gasteiger partial charge >= 0.3 is 0 Å². The van der Waals surface area contributed by atoms with E-state index >= 15 is 0 Å². The van der Waals surface area contributed by atoms with Gasteiger partial charge in [-0.1, -0.05) is 30.3 Å². The first kappa shape index (κ1) is 14.0. The highest BCUT2D eigenvalue weighted by Gasteiger charge is 2.25. The summed E-state index contributed by atoms with van der Waals surface area (Å²) in [6.45, 7) is 4.17. The van der Waals surface area contributed by atoms with Crippen molar-refractivity contribution < 1.29 is 9.90 Å². The van der Waals surface area contributed by atoms with Gasteiger partial charge in [-0.3, -0.25) is 9.69 Å². The highest BCUT2D eigenvalue weighted by molar-refractivity contribution is 5.73. The molecule has 0 unspecified atom stereocenters. The van der Waals surface area contributed by atoms with Crippen molar-refractivity contribution in [3.05, 3.63) is 35.9 Å². The topological polar surface area (TPSA) is 52.6 Å². The molecule has 0 spiro atoms. The molecule has 1 saturated heterocycles. The third kappa shape index (κ3) is 4.33. The Morgan fingerprint density at radius 2 is 2.00 bits per heavy atom. The fourth-order valence-corrected chi connectivity index (χ4v) is 2.57. The molecule has 1 aromatic rings. The van der Waals surface area contributed by atoms with Crippen molar-refractivity contribution in [1.82, 2.24) is 10.2 Å². The van der Waals surface area contributed by atoms with Crippen LogP contribution in [0, 0.1) is 0 Å². The van der Waals surface area contributed by atoms with Gasteiger partial charge in [-0.15, -0.1) is 0 Å². The summed E-state index contributed by atoms with van der Waals surface area (Å²) in [5.74, 6) is -0.0689. The van der Waals surface area contributed by atoms with E-state index in [4.69, 9.17) is 0 Å². The van der Waals surface area contributed by atoms with E-state index in [0.717, 1.165) is 26.1 Å². The molecule has 104 valence electrons. The van der Waals surface area contributed by atoms with Crippen LogP contribution >= 0.6 is 0 Å². The molecule has 0 saturated carbocycles. The van der Waals surface area contributed by atoms with Crippen LogP contribution in [0.15, 0.2) is 30.3 Å². The first-order chi connectivity index (χ1) is 9.15. The maximum atomic E-state index is 11.1. The van der Waals surface area contributed by atoms with Gasteiger partial charge in [0, 0.05) is 26.6 Å². The molecule has 4 nitrogen and oxygen atoms in total. The third-order valence-corrected chi connectivity index (χ3v) is 3.60. The predicted octanol–water partition coefficient (Wildman–Crippen LogP) is 1.15. The minimum atomic E-state index is -0.440. The van der Waals surface area contributed by atoms with E-state index in [9.17, 15) is 9.90 Å². The molecule has 1 aromatic carbocycles. The Bertz CT molecular complexity index is 408. The number of benzene rings is 1. The molecule has 2 N–H and O–H groups in total. The average Bonchev–Trinajstić information content (AvgIpc) is 2.55. The Labute approximate surface area is 114 Å². The van der Waals surface area contributed by atoms with Crippen LogP contribution in [0.3, 0.4) is 0 Å². The minimum absolute atomic E-state index is 0.0689.